The van der Waals surface area contributed by atoms with Gasteiger partial charge in [-0.05, 0) is 67.0 Å². The zero-order valence-corrected chi connectivity index (χ0v) is 19.5. The smallest absolute Gasteiger partial charge is 0.269 e. The molecule has 4 N–H and O–H groups in total. The highest BCUT2D eigenvalue weighted by Gasteiger charge is 2.21. The number of thiocarbonyl (C=S) groups is 1. The Kier molecular flexibility index (Phi) is 8.97. The summed E-state index contributed by atoms with van der Waals surface area (Å²) in [5.74, 6) is -0.831. The Labute approximate surface area is 202 Å². The fraction of sp³-hybridized carbons (Fsp3) is 0.250. The first-order valence-corrected chi connectivity index (χ1v) is 11.5. The van der Waals surface area contributed by atoms with Crippen molar-refractivity contribution < 1.29 is 14.4 Å². The van der Waals surface area contributed by atoms with Crippen LogP contribution in [0.25, 0.3) is 6.08 Å². The average molecular weight is 485 g/mol. The molecule has 0 unspecified atom stereocenters. The summed E-state index contributed by atoms with van der Waals surface area (Å²) in [7, 11) is 0. The van der Waals surface area contributed by atoms with E-state index in [1.807, 2.05) is 6.07 Å². The zero-order valence-electron chi connectivity index (χ0n) is 17.9. The van der Waals surface area contributed by atoms with E-state index in [0.717, 1.165) is 25.7 Å². The molecule has 3 amide bonds. The van der Waals surface area contributed by atoms with Crippen molar-refractivity contribution in [2.24, 2.45) is 5.92 Å². The highest BCUT2D eigenvalue weighted by molar-refractivity contribution is 7.80. The average Bonchev–Trinajstić information content (AvgIpc) is 2.83. The van der Waals surface area contributed by atoms with Crippen molar-refractivity contribution in [1.29, 1.82) is 0 Å². The predicted molar refractivity (Wildman–Crippen MR) is 133 cm³/mol. The molecule has 0 atom stereocenters. The van der Waals surface area contributed by atoms with Crippen molar-refractivity contribution in [1.82, 2.24) is 16.2 Å². The second-order valence-electron chi connectivity index (χ2n) is 7.65. The molecule has 33 heavy (non-hydrogen) atoms. The third-order valence-corrected chi connectivity index (χ3v) is 5.78. The van der Waals surface area contributed by atoms with E-state index in [9.17, 15) is 14.4 Å². The van der Waals surface area contributed by atoms with Crippen LogP contribution < -0.4 is 21.5 Å². The third-order valence-electron chi connectivity index (χ3n) is 5.24. The zero-order chi connectivity index (χ0) is 23.6. The summed E-state index contributed by atoms with van der Waals surface area (Å²) in [6.07, 6.45) is 8.06. The number of carbonyl (C=O) groups excluding carboxylic acids is 3. The SMILES string of the molecule is O=C(C=Cc1ccccc1Cl)NC(=S)NNC(=O)c1ccc(NC(=O)C2CCCCC2)cc1. The molecule has 1 aliphatic carbocycles. The molecule has 1 fully saturated rings. The van der Waals surface area contributed by atoms with E-state index in [2.05, 4.69) is 21.5 Å². The van der Waals surface area contributed by atoms with Gasteiger partial charge >= 0.3 is 0 Å². The Balaban J connectivity index is 1.43. The van der Waals surface area contributed by atoms with E-state index in [4.69, 9.17) is 23.8 Å². The maximum atomic E-state index is 12.3. The number of hydrogen-bond donors (Lipinski definition) is 4. The standard InChI is InChI=1S/C24H25ClN4O3S/c25-20-9-5-4-6-16(20)12-15-21(30)27-24(33)29-28-23(32)18-10-13-19(14-11-18)26-22(31)17-7-2-1-3-8-17/h4-6,9-15,17H,1-3,7-8H2,(H,26,31)(H,28,32)(H2,27,29,30,33). The number of amides is 3. The normalized spacial score (nSPS) is 13.8. The van der Waals surface area contributed by atoms with Crippen LogP contribution in [0.15, 0.2) is 54.6 Å². The summed E-state index contributed by atoms with van der Waals surface area (Å²) >= 11 is 11.1. The van der Waals surface area contributed by atoms with Crippen molar-refractivity contribution in [2.45, 2.75) is 32.1 Å². The molecule has 1 aliphatic rings. The Hall–Kier alpha value is -3.23. The topological polar surface area (TPSA) is 99.3 Å². The fourth-order valence-corrected chi connectivity index (χ4v) is 3.81. The maximum Gasteiger partial charge on any atom is 0.269 e. The maximum absolute atomic E-state index is 12.3. The van der Waals surface area contributed by atoms with Gasteiger partial charge in [-0.25, -0.2) is 0 Å². The van der Waals surface area contributed by atoms with E-state index in [0.29, 0.717) is 21.8 Å². The van der Waals surface area contributed by atoms with Gasteiger partial charge in [-0.1, -0.05) is 49.1 Å². The van der Waals surface area contributed by atoms with Gasteiger partial charge in [0.15, 0.2) is 5.11 Å². The van der Waals surface area contributed by atoms with Crippen LogP contribution in [0, 0.1) is 5.92 Å². The predicted octanol–water partition coefficient (Wildman–Crippen LogP) is 4.21. The lowest BCUT2D eigenvalue weighted by molar-refractivity contribution is -0.120. The van der Waals surface area contributed by atoms with Crippen LogP contribution >= 0.6 is 23.8 Å². The minimum atomic E-state index is -0.472. The van der Waals surface area contributed by atoms with E-state index in [1.165, 1.54) is 12.5 Å². The van der Waals surface area contributed by atoms with Crippen molar-refractivity contribution in [3.63, 3.8) is 0 Å². The molecule has 1 saturated carbocycles. The number of halogens is 1. The van der Waals surface area contributed by atoms with Crippen LogP contribution in [0.5, 0.6) is 0 Å². The summed E-state index contributed by atoms with van der Waals surface area (Å²) in [5, 5.41) is 5.80. The second-order valence-corrected chi connectivity index (χ2v) is 8.47. The van der Waals surface area contributed by atoms with Gasteiger partial charge in [0, 0.05) is 28.3 Å². The summed E-state index contributed by atoms with van der Waals surface area (Å²) in [6, 6.07) is 13.6. The lowest BCUT2D eigenvalue weighted by Crippen LogP contribution is -2.48. The van der Waals surface area contributed by atoms with Gasteiger partial charge in [-0.3, -0.25) is 30.6 Å². The minimum absolute atomic E-state index is 0.0262. The van der Waals surface area contributed by atoms with Gasteiger partial charge in [-0.2, -0.15) is 0 Å². The third kappa shape index (κ3) is 7.69. The lowest BCUT2D eigenvalue weighted by atomic mass is 9.88. The van der Waals surface area contributed by atoms with Gasteiger partial charge in [0.25, 0.3) is 5.91 Å². The molecule has 172 valence electrons. The van der Waals surface area contributed by atoms with Crippen molar-refractivity contribution >= 4 is 58.4 Å². The van der Waals surface area contributed by atoms with Crippen molar-refractivity contribution in [2.75, 3.05) is 5.32 Å². The number of hydrogen-bond acceptors (Lipinski definition) is 4. The van der Waals surface area contributed by atoms with Crippen LogP contribution in [-0.4, -0.2) is 22.8 Å². The molecule has 0 saturated heterocycles. The van der Waals surface area contributed by atoms with Crippen molar-refractivity contribution in [3.05, 3.63) is 70.8 Å². The first-order chi connectivity index (χ1) is 15.9. The van der Waals surface area contributed by atoms with Gasteiger partial charge in [0.1, 0.15) is 0 Å². The Morgan fingerprint density at radius 1 is 0.939 bits per heavy atom. The molecule has 0 heterocycles. The van der Waals surface area contributed by atoms with Crippen LogP contribution in [0.2, 0.25) is 5.02 Å². The fourth-order valence-electron chi connectivity index (χ4n) is 3.46. The minimum Gasteiger partial charge on any atom is -0.326 e. The highest BCUT2D eigenvalue weighted by Crippen LogP contribution is 2.25. The highest BCUT2D eigenvalue weighted by atomic mass is 35.5. The van der Waals surface area contributed by atoms with E-state index < -0.39 is 11.8 Å². The van der Waals surface area contributed by atoms with Gasteiger partial charge in [0.2, 0.25) is 11.8 Å². The largest absolute Gasteiger partial charge is 0.326 e. The van der Waals surface area contributed by atoms with E-state index in [-0.39, 0.29) is 16.9 Å². The first kappa shape index (κ1) is 24.4. The molecule has 9 heteroatoms. The Morgan fingerprint density at radius 2 is 1.64 bits per heavy atom. The summed E-state index contributed by atoms with van der Waals surface area (Å²) in [4.78, 5) is 36.6. The second kappa shape index (κ2) is 12.1. The Morgan fingerprint density at radius 3 is 2.33 bits per heavy atom. The van der Waals surface area contributed by atoms with Gasteiger partial charge in [-0.15, -0.1) is 0 Å². The molecule has 3 rings (SSSR count). The lowest BCUT2D eigenvalue weighted by Gasteiger charge is -2.20. The monoisotopic (exact) mass is 484 g/mol. The number of rotatable bonds is 5. The molecule has 0 spiro atoms. The molecule has 2 aromatic rings. The van der Waals surface area contributed by atoms with Gasteiger partial charge < -0.3 is 5.32 Å². The number of carbonyl (C=O) groups is 3. The number of benzene rings is 2. The molecular weight excluding hydrogens is 460 g/mol. The Bertz CT molecular complexity index is 1050. The summed E-state index contributed by atoms with van der Waals surface area (Å²) in [5.41, 5.74) is 6.61. The van der Waals surface area contributed by atoms with Crippen LogP contribution in [0.4, 0.5) is 5.69 Å². The quantitative estimate of drug-likeness (QED) is 0.289. The van der Waals surface area contributed by atoms with E-state index >= 15 is 0 Å². The molecule has 0 radical (unpaired) electrons. The molecular formula is C24H25ClN4O3S. The summed E-state index contributed by atoms with van der Waals surface area (Å²) in [6.45, 7) is 0. The first-order valence-electron chi connectivity index (χ1n) is 10.7. The molecule has 0 aromatic heterocycles. The van der Waals surface area contributed by atoms with Crippen LogP contribution in [0.1, 0.15) is 48.0 Å². The molecule has 7 nitrogen and oxygen atoms in total. The van der Waals surface area contributed by atoms with Crippen LogP contribution in [0.3, 0.4) is 0 Å². The summed E-state index contributed by atoms with van der Waals surface area (Å²) < 4.78 is 0. The number of hydrazine groups is 1. The van der Waals surface area contributed by atoms with Crippen molar-refractivity contribution in [3.8, 4) is 0 Å². The number of anilines is 1. The molecule has 0 aliphatic heterocycles. The number of nitrogens with one attached hydrogen (secondary N) is 4. The molecule has 2 aromatic carbocycles. The van der Waals surface area contributed by atoms with Gasteiger partial charge in [0.05, 0.1) is 0 Å². The van der Waals surface area contributed by atoms with E-state index in [1.54, 1.807) is 48.5 Å². The molecule has 0 bridgehead atoms. The van der Waals surface area contributed by atoms with Crippen LogP contribution in [-0.2, 0) is 9.59 Å².